The van der Waals surface area contributed by atoms with Gasteiger partial charge in [-0.05, 0) is 49.8 Å². The number of nitrogens with zero attached hydrogens (tertiary/aromatic N) is 2. The van der Waals surface area contributed by atoms with Crippen LogP contribution in [0.2, 0.25) is 0 Å². The van der Waals surface area contributed by atoms with Crippen molar-refractivity contribution in [3.8, 4) is 0 Å². The number of likely N-dealkylation sites (tertiary alicyclic amines) is 1. The summed E-state index contributed by atoms with van der Waals surface area (Å²) >= 11 is 0. The molecule has 0 saturated carbocycles. The Balaban J connectivity index is 1.41. The lowest BCUT2D eigenvalue weighted by Gasteiger charge is -2.34. The Morgan fingerprint density at radius 2 is 1.88 bits per heavy atom. The molecule has 2 amide bonds. The first kappa shape index (κ1) is 17.1. The molecule has 26 heavy (non-hydrogen) atoms. The largest absolute Gasteiger partial charge is 0.367 e. The van der Waals surface area contributed by atoms with E-state index in [-0.39, 0.29) is 17.9 Å². The summed E-state index contributed by atoms with van der Waals surface area (Å²) in [5, 5.41) is 1.01. The minimum absolute atomic E-state index is 0.0994. The molecule has 0 spiro atoms. The van der Waals surface area contributed by atoms with Gasteiger partial charge in [0.25, 0.3) is 5.91 Å². The van der Waals surface area contributed by atoms with Crippen LogP contribution in [0.15, 0.2) is 30.5 Å². The first-order chi connectivity index (χ1) is 12.5. The maximum Gasteiger partial charge on any atom is 0.254 e. The van der Waals surface area contributed by atoms with Crippen LogP contribution in [0.25, 0.3) is 10.9 Å². The van der Waals surface area contributed by atoms with Gasteiger partial charge in [0.05, 0.1) is 6.10 Å². The third-order valence-corrected chi connectivity index (χ3v) is 5.88. The maximum absolute atomic E-state index is 13.0. The van der Waals surface area contributed by atoms with E-state index in [1.54, 1.807) is 0 Å². The van der Waals surface area contributed by atoms with Gasteiger partial charge in [0, 0.05) is 42.8 Å². The van der Waals surface area contributed by atoms with Crippen LogP contribution < -0.4 is 5.73 Å². The van der Waals surface area contributed by atoms with Crippen molar-refractivity contribution in [3.63, 3.8) is 0 Å². The fourth-order valence-electron chi connectivity index (χ4n) is 4.35. The molecule has 0 aliphatic carbocycles. The van der Waals surface area contributed by atoms with Gasteiger partial charge in [-0.25, -0.2) is 0 Å². The summed E-state index contributed by atoms with van der Waals surface area (Å²) in [6, 6.07) is 7.89. The molecule has 3 heterocycles. The number of nitrogens with two attached hydrogens (primary N) is 1. The van der Waals surface area contributed by atoms with Crippen LogP contribution in [0, 0.1) is 5.92 Å². The van der Waals surface area contributed by atoms with E-state index in [9.17, 15) is 9.59 Å². The van der Waals surface area contributed by atoms with Crippen molar-refractivity contribution >= 4 is 22.7 Å². The van der Waals surface area contributed by atoms with Gasteiger partial charge in [0.15, 0.2) is 0 Å². The van der Waals surface area contributed by atoms with Crippen LogP contribution in [0.3, 0.4) is 0 Å². The Bertz CT molecular complexity index is 836. The van der Waals surface area contributed by atoms with E-state index < -0.39 is 6.10 Å². The van der Waals surface area contributed by atoms with E-state index in [0.29, 0.717) is 5.92 Å². The minimum atomic E-state index is -0.435. The molecule has 1 aromatic carbocycles. The van der Waals surface area contributed by atoms with Crippen molar-refractivity contribution < 1.29 is 14.3 Å². The molecule has 138 valence electrons. The SMILES string of the molecule is Cn1ccc2c(C(=O)N3CCC([C@@H]4CC[C@H](C(N)=O)O4)CC3)cccc21. The van der Waals surface area contributed by atoms with E-state index in [0.717, 1.165) is 55.2 Å². The summed E-state index contributed by atoms with van der Waals surface area (Å²) in [6.07, 6.45) is 5.07. The third-order valence-electron chi connectivity index (χ3n) is 5.88. The fourth-order valence-corrected chi connectivity index (χ4v) is 4.35. The van der Waals surface area contributed by atoms with E-state index in [2.05, 4.69) is 0 Å². The number of hydrogen-bond acceptors (Lipinski definition) is 3. The molecule has 2 aliphatic rings. The van der Waals surface area contributed by atoms with Crippen molar-refractivity contribution in [2.24, 2.45) is 18.7 Å². The van der Waals surface area contributed by atoms with Crippen LogP contribution >= 0.6 is 0 Å². The number of piperidine rings is 1. The standard InChI is InChI=1S/C20H25N3O3/c1-22-10-9-14-15(3-2-4-16(14)22)20(25)23-11-7-13(8-12-23)17-5-6-18(26-17)19(21)24/h2-4,9-10,13,17-18H,5-8,11-12H2,1H3,(H2,21,24)/t17-,18+/m0/s1. The molecule has 4 rings (SSSR count). The minimum Gasteiger partial charge on any atom is -0.367 e. The van der Waals surface area contributed by atoms with E-state index in [1.165, 1.54) is 0 Å². The van der Waals surface area contributed by atoms with Crippen LogP contribution in [-0.2, 0) is 16.6 Å². The molecule has 2 aliphatic heterocycles. The predicted octanol–water partition coefficient (Wildman–Crippen LogP) is 2.06. The second-order valence-electron chi connectivity index (χ2n) is 7.44. The molecule has 6 heteroatoms. The summed E-state index contributed by atoms with van der Waals surface area (Å²) in [7, 11) is 1.99. The Morgan fingerprint density at radius 3 is 2.58 bits per heavy atom. The van der Waals surface area contributed by atoms with E-state index in [1.807, 2.05) is 47.0 Å². The van der Waals surface area contributed by atoms with E-state index >= 15 is 0 Å². The van der Waals surface area contributed by atoms with E-state index in [4.69, 9.17) is 10.5 Å². The summed E-state index contributed by atoms with van der Waals surface area (Å²) in [5.74, 6) is 0.134. The number of primary amides is 1. The van der Waals surface area contributed by atoms with Crippen molar-refractivity contribution in [2.45, 2.75) is 37.9 Å². The summed E-state index contributed by atoms with van der Waals surface area (Å²) in [4.78, 5) is 26.2. The molecule has 2 atom stereocenters. The maximum atomic E-state index is 13.0. The Kier molecular flexibility index (Phi) is 4.44. The molecule has 2 aromatic rings. The molecular weight excluding hydrogens is 330 g/mol. The molecule has 1 aromatic heterocycles. The second-order valence-corrected chi connectivity index (χ2v) is 7.44. The zero-order valence-corrected chi connectivity index (χ0v) is 15.1. The highest BCUT2D eigenvalue weighted by molar-refractivity contribution is 6.06. The molecule has 0 unspecified atom stereocenters. The number of amides is 2. The number of ether oxygens (including phenoxy) is 1. The zero-order valence-electron chi connectivity index (χ0n) is 15.1. The lowest BCUT2D eigenvalue weighted by Crippen LogP contribution is -2.41. The number of carbonyl (C=O) groups is 2. The molecule has 2 fully saturated rings. The first-order valence-corrected chi connectivity index (χ1v) is 9.32. The highest BCUT2D eigenvalue weighted by atomic mass is 16.5. The third kappa shape index (κ3) is 2.98. The van der Waals surface area contributed by atoms with Crippen molar-refractivity contribution in [3.05, 3.63) is 36.0 Å². The lowest BCUT2D eigenvalue weighted by atomic mass is 9.89. The van der Waals surface area contributed by atoms with Gasteiger partial charge >= 0.3 is 0 Å². The average molecular weight is 355 g/mol. The number of aryl methyl sites for hydroxylation is 1. The Morgan fingerprint density at radius 1 is 1.12 bits per heavy atom. The molecule has 2 N–H and O–H groups in total. The summed E-state index contributed by atoms with van der Waals surface area (Å²) in [5.41, 5.74) is 7.19. The number of aromatic nitrogens is 1. The Labute approximate surface area is 152 Å². The van der Waals surface area contributed by atoms with Gasteiger partial charge in [0.1, 0.15) is 6.10 Å². The normalized spacial score (nSPS) is 24.3. The molecule has 0 radical (unpaired) electrons. The number of benzene rings is 1. The van der Waals surface area contributed by atoms with Gasteiger partial charge in [-0.3, -0.25) is 9.59 Å². The first-order valence-electron chi connectivity index (χ1n) is 9.32. The van der Waals surface area contributed by atoms with Gasteiger partial charge in [0.2, 0.25) is 5.91 Å². The zero-order chi connectivity index (χ0) is 18.3. The van der Waals surface area contributed by atoms with Gasteiger partial charge in [-0.1, -0.05) is 6.07 Å². The van der Waals surface area contributed by atoms with Gasteiger partial charge < -0.3 is 19.9 Å². The average Bonchev–Trinajstić information content (AvgIpc) is 3.29. The number of hydrogen-bond donors (Lipinski definition) is 1. The van der Waals surface area contributed by atoms with Crippen molar-refractivity contribution in [1.29, 1.82) is 0 Å². The monoisotopic (exact) mass is 355 g/mol. The van der Waals surface area contributed by atoms with Gasteiger partial charge in [-0.2, -0.15) is 0 Å². The van der Waals surface area contributed by atoms with Crippen LogP contribution in [-0.4, -0.2) is 46.6 Å². The summed E-state index contributed by atoms with van der Waals surface area (Å²) < 4.78 is 7.86. The lowest BCUT2D eigenvalue weighted by molar-refractivity contribution is -0.130. The quantitative estimate of drug-likeness (QED) is 0.915. The highest BCUT2D eigenvalue weighted by Crippen LogP contribution is 2.32. The molecule has 0 bridgehead atoms. The Hall–Kier alpha value is -2.34. The summed E-state index contributed by atoms with van der Waals surface area (Å²) in [6.45, 7) is 1.46. The van der Waals surface area contributed by atoms with Gasteiger partial charge in [-0.15, -0.1) is 0 Å². The van der Waals surface area contributed by atoms with Crippen LogP contribution in [0.1, 0.15) is 36.0 Å². The topological polar surface area (TPSA) is 77.6 Å². The number of carbonyl (C=O) groups excluding carboxylic acids is 2. The molecule has 2 saturated heterocycles. The molecule has 6 nitrogen and oxygen atoms in total. The number of rotatable bonds is 3. The van der Waals surface area contributed by atoms with Crippen LogP contribution in [0.5, 0.6) is 0 Å². The highest BCUT2D eigenvalue weighted by Gasteiger charge is 2.36. The second kappa shape index (κ2) is 6.76. The smallest absolute Gasteiger partial charge is 0.254 e. The number of fused-ring (bicyclic) bond motifs is 1. The molecular formula is C20H25N3O3. The predicted molar refractivity (Wildman–Crippen MR) is 98.6 cm³/mol. The van der Waals surface area contributed by atoms with Crippen molar-refractivity contribution in [2.75, 3.05) is 13.1 Å². The fraction of sp³-hybridized carbons (Fsp3) is 0.500. The van der Waals surface area contributed by atoms with Crippen molar-refractivity contribution in [1.82, 2.24) is 9.47 Å². The van der Waals surface area contributed by atoms with Crippen LogP contribution in [0.4, 0.5) is 0 Å².